The average molecular weight is 302 g/mol. The van der Waals surface area contributed by atoms with E-state index in [0.717, 1.165) is 19.4 Å². The predicted octanol–water partition coefficient (Wildman–Crippen LogP) is 2.82. The van der Waals surface area contributed by atoms with Crippen molar-refractivity contribution < 1.29 is 9.59 Å². The van der Waals surface area contributed by atoms with Gasteiger partial charge in [0.15, 0.2) is 0 Å². The molecule has 1 fully saturated rings. The molecule has 2 rings (SSSR count). The molecule has 1 aliphatic rings. The highest BCUT2D eigenvalue weighted by Crippen LogP contribution is 2.31. The van der Waals surface area contributed by atoms with Crippen molar-refractivity contribution in [2.24, 2.45) is 5.41 Å². The summed E-state index contributed by atoms with van der Waals surface area (Å²) in [5.74, 6) is -0.0902. The van der Waals surface area contributed by atoms with E-state index in [1.165, 1.54) is 11.1 Å². The van der Waals surface area contributed by atoms with Gasteiger partial charge in [-0.25, -0.2) is 0 Å². The summed E-state index contributed by atoms with van der Waals surface area (Å²) < 4.78 is 0. The molecular formula is C18H26N2O2. The molecule has 1 atom stereocenters. The highest BCUT2D eigenvalue weighted by molar-refractivity contribution is 5.87. The smallest absolute Gasteiger partial charge is 0.242 e. The molecule has 0 spiro atoms. The Morgan fingerprint density at radius 1 is 1.23 bits per heavy atom. The number of carbonyl (C=O) groups excluding carboxylic acids is 2. The lowest BCUT2D eigenvalue weighted by molar-refractivity contribution is -0.135. The minimum absolute atomic E-state index is 0.000625. The van der Waals surface area contributed by atoms with Crippen LogP contribution in [0.2, 0.25) is 0 Å². The first-order chi connectivity index (χ1) is 10.3. The Morgan fingerprint density at radius 2 is 1.86 bits per heavy atom. The molecule has 0 aliphatic carbocycles. The maximum absolute atomic E-state index is 12.4. The van der Waals surface area contributed by atoms with Gasteiger partial charge in [-0.3, -0.25) is 9.59 Å². The molecule has 1 aliphatic heterocycles. The molecule has 4 heteroatoms. The van der Waals surface area contributed by atoms with Gasteiger partial charge in [-0.15, -0.1) is 0 Å². The fourth-order valence-corrected chi connectivity index (χ4v) is 2.72. The van der Waals surface area contributed by atoms with E-state index in [2.05, 4.69) is 36.5 Å². The van der Waals surface area contributed by atoms with Crippen LogP contribution in [-0.4, -0.2) is 29.8 Å². The van der Waals surface area contributed by atoms with E-state index in [1.54, 1.807) is 0 Å². The van der Waals surface area contributed by atoms with Crippen LogP contribution < -0.4 is 5.32 Å². The second-order valence-electron chi connectivity index (χ2n) is 7.09. The van der Waals surface area contributed by atoms with Crippen LogP contribution in [-0.2, 0) is 9.59 Å². The van der Waals surface area contributed by atoms with Gasteiger partial charge in [0.2, 0.25) is 11.8 Å². The molecule has 1 aromatic carbocycles. The third-order valence-corrected chi connectivity index (χ3v) is 4.12. The molecule has 1 aromatic rings. The second kappa shape index (κ2) is 6.51. The number of nitrogens with zero attached hydrogens (tertiary/aromatic N) is 1. The predicted molar refractivity (Wildman–Crippen MR) is 87.3 cm³/mol. The van der Waals surface area contributed by atoms with Crippen LogP contribution in [0.5, 0.6) is 0 Å². The number of nitrogens with one attached hydrogen (secondary N) is 1. The van der Waals surface area contributed by atoms with Crippen molar-refractivity contribution in [2.75, 3.05) is 13.1 Å². The van der Waals surface area contributed by atoms with E-state index in [-0.39, 0.29) is 24.4 Å². The quantitative estimate of drug-likeness (QED) is 0.933. The molecule has 0 bridgehead atoms. The van der Waals surface area contributed by atoms with Crippen molar-refractivity contribution in [3.63, 3.8) is 0 Å². The van der Waals surface area contributed by atoms with Crippen LogP contribution in [0.4, 0.5) is 0 Å². The summed E-state index contributed by atoms with van der Waals surface area (Å²) in [6, 6.07) is 8.49. The first-order valence-corrected chi connectivity index (χ1v) is 7.93. The van der Waals surface area contributed by atoms with Gasteiger partial charge in [-0.05, 0) is 25.3 Å². The van der Waals surface area contributed by atoms with Crippen LogP contribution in [0.25, 0.3) is 0 Å². The molecule has 0 radical (unpaired) electrons. The Kier molecular flexibility index (Phi) is 4.89. The van der Waals surface area contributed by atoms with Gasteiger partial charge in [0, 0.05) is 12.0 Å². The minimum Gasteiger partial charge on any atom is -0.347 e. The van der Waals surface area contributed by atoms with Crippen LogP contribution in [0.1, 0.15) is 50.8 Å². The number of hydrogen-bond donors (Lipinski definition) is 1. The standard InChI is InChI=1S/C18H26N2O2/c1-13-7-9-14(10-8-13)15-6-5-11-20(15)16(21)12-19-17(22)18(2,3)4/h7-10,15H,5-6,11-12H2,1-4H3,(H,19,22). The summed E-state index contributed by atoms with van der Waals surface area (Å²) >= 11 is 0. The maximum Gasteiger partial charge on any atom is 0.242 e. The molecule has 0 saturated carbocycles. The topological polar surface area (TPSA) is 49.4 Å². The number of aryl methyl sites for hydroxylation is 1. The van der Waals surface area contributed by atoms with Gasteiger partial charge in [0.25, 0.3) is 0 Å². The van der Waals surface area contributed by atoms with E-state index in [9.17, 15) is 9.59 Å². The molecule has 22 heavy (non-hydrogen) atoms. The highest BCUT2D eigenvalue weighted by Gasteiger charge is 2.30. The zero-order valence-corrected chi connectivity index (χ0v) is 14.0. The number of likely N-dealkylation sites (tertiary alicyclic amines) is 1. The third-order valence-electron chi connectivity index (χ3n) is 4.12. The van der Waals surface area contributed by atoms with E-state index >= 15 is 0 Å². The van der Waals surface area contributed by atoms with Crippen LogP contribution >= 0.6 is 0 Å². The van der Waals surface area contributed by atoms with Gasteiger partial charge in [0.1, 0.15) is 0 Å². The van der Waals surface area contributed by atoms with Gasteiger partial charge >= 0.3 is 0 Å². The van der Waals surface area contributed by atoms with Gasteiger partial charge in [-0.2, -0.15) is 0 Å². The normalized spacial score (nSPS) is 18.4. The fourth-order valence-electron chi connectivity index (χ4n) is 2.72. The summed E-state index contributed by atoms with van der Waals surface area (Å²) in [5.41, 5.74) is 1.93. The number of benzene rings is 1. The molecule has 0 aromatic heterocycles. The molecule has 2 amide bonds. The van der Waals surface area contributed by atoms with E-state index in [0.29, 0.717) is 0 Å². The van der Waals surface area contributed by atoms with Crippen molar-refractivity contribution in [3.05, 3.63) is 35.4 Å². The van der Waals surface area contributed by atoms with Crippen molar-refractivity contribution >= 4 is 11.8 Å². The van der Waals surface area contributed by atoms with E-state index < -0.39 is 5.41 Å². The van der Waals surface area contributed by atoms with Crippen molar-refractivity contribution in [1.29, 1.82) is 0 Å². The minimum atomic E-state index is -0.471. The van der Waals surface area contributed by atoms with Crippen molar-refractivity contribution in [1.82, 2.24) is 10.2 Å². The summed E-state index contributed by atoms with van der Waals surface area (Å²) in [4.78, 5) is 26.2. The van der Waals surface area contributed by atoms with Crippen LogP contribution in [0.3, 0.4) is 0 Å². The first-order valence-electron chi connectivity index (χ1n) is 7.93. The van der Waals surface area contributed by atoms with Crippen molar-refractivity contribution in [3.8, 4) is 0 Å². The Morgan fingerprint density at radius 3 is 2.45 bits per heavy atom. The number of hydrogen-bond acceptors (Lipinski definition) is 2. The van der Waals surface area contributed by atoms with E-state index in [1.807, 2.05) is 25.7 Å². The van der Waals surface area contributed by atoms with Crippen LogP contribution in [0.15, 0.2) is 24.3 Å². The lowest BCUT2D eigenvalue weighted by atomic mass is 9.96. The maximum atomic E-state index is 12.4. The summed E-state index contributed by atoms with van der Waals surface area (Å²) in [6.45, 7) is 8.44. The summed E-state index contributed by atoms with van der Waals surface area (Å²) in [7, 11) is 0. The lowest BCUT2D eigenvalue weighted by Gasteiger charge is -2.26. The summed E-state index contributed by atoms with van der Waals surface area (Å²) in [5, 5.41) is 2.75. The van der Waals surface area contributed by atoms with Gasteiger partial charge in [0.05, 0.1) is 12.6 Å². The van der Waals surface area contributed by atoms with Crippen LogP contribution in [0, 0.1) is 12.3 Å². The Bertz CT molecular complexity index is 543. The molecule has 1 heterocycles. The largest absolute Gasteiger partial charge is 0.347 e. The zero-order valence-electron chi connectivity index (χ0n) is 14.0. The molecule has 1 unspecified atom stereocenters. The number of amides is 2. The molecule has 1 saturated heterocycles. The zero-order chi connectivity index (χ0) is 16.3. The first kappa shape index (κ1) is 16.5. The van der Waals surface area contributed by atoms with Gasteiger partial charge in [-0.1, -0.05) is 50.6 Å². The van der Waals surface area contributed by atoms with Gasteiger partial charge < -0.3 is 10.2 Å². The Balaban J connectivity index is 1.99. The molecule has 1 N–H and O–H groups in total. The molecule has 120 valence electrons. The third kappa shape index (κ3) is 3.87. The number of rotatable bonds is 3. The monoisotopic (exact) mass is 302 g/mol. The molecular weight excluding hydrogens is 276 g/mol. The average Bonchev–Trinajstić information content (AvgIpc) is 2.93. The number of carbonyl (C=O) groups is 2. The fraction of sp³-hybridized carbons (Fsp3) is 0.556. The van der Waals surface area contributed by atoms with Crippen molar-refractivity contribution in [2.45, 2.75) is 46.6 Å². The second-order valence-corrected chi connectivity index (χ2v) is 7.09. The summed E-state index contributed by atoms with van der Waals surface area (Å²) in [6.07, 6.45) is 2.00. The van der Waals surface area contributed by atoms with E-state index in [4.69, 9.17) is 0 Å². The highest BCUT2D eigenvalue weighted by atomic mass is 16.2. The lowest BCUT2D eigenvalue weighted by Crippen LogP contribution is -2.43. The molecule has 4 nitrogen and oxygen atoms in total. The Hall–Kier alpha value is -1.84. The Labute approximate surface area is 132 Å². The SMILES string of the molecule is Cc1ccc(C2CCCN2C(=O)CNC(=O)C(C)(C)C)cc1.